The van der Waals surface area contributed by atoms with Crippen LogP contribution in [-0.4, -0.2) is 34.0 Å². The van der Waals surface area contributed by atoms with Gasteiger partial charge in [0, 0.05) is 6.61 Å². The van der Waals surface area contributed by atoms with Gasteiger partial charge in [-0.3, -0.25) is 4.18 Å². The van der Waals surface area contributed by atoms with E-state index in [-0.39, 0.29) is 6.61 Å². The summed E-state index contributed by atoms with van der Waals surface area (Å²) in [7, 11) is -3.28. The Morgan fingerprint density at radius 3 is 2.43 bits per heavy atom. The summed E-state index contributed by atoms with van der Waals surface area (Å²) in [4.78, 5) is 0. The maximum atomic E-state index is 10.6. The summed E-state index contributed by atoms with van der Waals surface area (Å²) in [6.45, 7) is 3.01. The summed E-state index contributed by atoms with van der Waals surface area (Å²) in [5, 5.41) is 0. The topological polar surface area (TPSA) is 52.6 Å². The molecule has 0 aromatic rings. The fourth-order valence-corrected chi connectivity index (χ4v) is 1.90. The monoisotopic (exact) mass is 222 g/mol. The van der Waals surface area contributed by atoms with Crippen LogP contribution in [-0.2, 0) is 19.0 Å². The van der Waals surface area contributed by atoms with Crippen molar-refractivity contribution < 1.29 is 17.3 Å². The molecule has 0 unspecified atom stereocenters. The summed E-state index contributed by atoms with van der Waals surface area (Å²) < 4.78 is 31.2. The van der Waals surface area contributed by atoms with E-state index in [9.17, 15) is 8.42 Å². The van der Waals surface area contributed by atoms with Crippen LogP contribution in [0.25, 0.3) is 0 Å². The highest BCUT2D eigenvalue weighted by Gasteiger charge is 2.25. The van der Waals surface area contributed by atoms with Crippen LogP contribution in [0.1, 0.15) is 26.2 Å². The van der Waals surface area contributed by atoms with E-state index in [4.69, 9.17) is 4.74 Å². The van der Waals surface area contributed by atoms with Crippen molar-refractivity contribution in [2.75, 3.05) is 19.5 Å². The minimum absolute atomic E-state index is 0.223. The van der Waals surface area contributed by atoms with E-state index in [1.807, 2.05) is 0 Å². The summed E-state index contributed by atoms with van der Waals surface area (Å²) in [5.41, 5.74) is 0. The molecule has 0 amide bonds. The molecular weight excluding hydrogens is 204 g/mol. The molecule has 1 aliphatic carbocycles. The Kier molecular flexibility index (Phi) is 4.34. The fourth-order valence-electron chi connectivity index (χ4n) is 1.48. The SMILES string of the molecule is CS(=O)(=O)OCCCO[C@H]1C[C@@H](C)C1. The van der Waals surface area contributed by atoms with Crippen molar-refractivity contribution in [3.8, 4) is 0 Å². The molecule has 1 fully saturated rings. The van der Waals surface area contributed by atoms with Gasteiger partial charge in [0.15, 0.2) is 0 Å². The number of rotatable bonds is 6. The van der Waals surface area contributed by atoms with Gasteiger partial charge in [0.2, 0.25) is 0 Å². The Morgan fingerprint density at radius 2 is 1.93 bits per heavy atom. The van der Waals surface area contributed by atoms with Crippen LogP contribution in [0, 0.1) is 5.92 Å². The minimum Gasteiger partial charge on any atom is -0.378 e. The highest BCUT2D eigenvalue weighted by molar-refractivity contribution is 7.85. The molecule has 0 spiro atoms. The van der Waals surface area contributed by atoms with Crippen molar-refractivity contribution in [1.29, 1.82) is 0 Å². The van der Waals surface area contributed by atoms with E-state index in [1.165, 1.54) is 0 Å². The molecule has 14 heavy (non-hydrogen) atoms. The van der Waals surface area contributed by atoms with Gasteiger partial charge in [0.1, 0.15) is 0 Å². The van der Waals surface area contributed by atoms with E-state index in [0.717, 1.165) is 25.0 Å². The molecule has 0 atom stereocenters. The zero-order valence-corrected chi connectivity index (χ0v) is 9.55. The van der Waals surface area contributed by atoms with E-state index in [2.05, 4.69) is 11.1 Å². The zero-order valence-electron chi connectivity index (χ0n) is 8.73. The Labute approximate surface area is 85.7 Å². The first-order valence-electron chi connectivity index (χ1n) is 4.93. The summed E-state index contributed by atoms with van der Waals surface area (Å²) in [6.07, 6.45) is 4.35. The van der Waals surface area contributed by atoms with Crippen LogP contribution in [0.5, 0.6) is 0 Å². The minimum atomic E-state index is -3.28. The van der Waals surface area contributed by atoms with E-state index in [0.29, 0.717) is 19.1 Å². The van der Waals surface area contributed by atoms with Crippen LogP contribution in [0.15, 0.2) is 0 Å². The molecule has 0 aliphatic heterocycles. The number of hydrogen-bond acceptors (Lipinski definition) is 4. The normalized spacial score (nSPS) is 27.3. The first kappa shape index (κ1) is 11.9. The van der Waals surface area contributed by atoms with E-state index < -0.39 is 10.1 Å². The van der Waals surface area contributed by atoms with Crippen molar-refractivity contribution in [1.82, 2.24) is 0 Å². The average Bonchev–Trinajstić information content (AvgIpc) is 1.98. The third-order valence-electron chi connectivity index (χ3n) is 2.27. The fraction of sp³-hybridized carbons (Fsp3) is 1.00. The standard InChI is InChI=1S/C9H18O4S/c1-8-6-9(7-8)12-4-3-5-13-14(2,10)11/h8-9H,3-7H2,1-2H3/t8-,9+. The van der Waals surface area contributed by atoms with Gasteiger partial charge in [-0.1, -0.05) is 6.92 Å². The molecule has 5 heteroatoms. The lowest BCUT2D eigenvalue weighted by molar-refractivity contribution is -0.0285. The maximum absolute atomic E-state index is 10.6. The van der Waals surface area contributed by atoms with Crippen molar-refractivity contribution >= 4 is 10.1 Å². The lowest BCUT2D eigenvalue weighted by Crippen LogP contribution is -2.29. The Bertz CT molecular complexity index is 254. The van der Waals surface area contributed by atoms with E-state index >= 15 is 0 Å². The van der Waals surface area contributed by atoms with Crippen LogP contribution in [0.4, 0.5) is 0 Å². The van der Waals surface area contributed by atoms with Gasteiger partial charge in [-0.15, -0.1) is 0 Å². The summed E-state index contributed by atoms with van der Waals surface area (Å²) in [5.74, 6) is 0.785. The predicted molar refractivity (Wildman–Crippen MR) is 53.6 cm³/mol. The molecular formula is C9H18O4S. The Morgan fingerprint density at radius 1 is 1.29 bits per heavy atom. The lowest BCUT2D eigenvalue weighted by Gasteiger charge is -2.32. The van der Waals surface area contributed by atoms with Crippen molar-refractivity contribution in [3.05, 3.63) is 0 Å². The maximum Gasteiger partial charge on any atom is 0.264 e. The van der Waals surface area contributed by atoms with Gasteiger partial charge in [-0.2, -0.15) is 8.42 Å². The molecule has 0 heterocycles. The molecule has 0 aromatic heterocycles. The molecule has 0 radical (unpaired) electrons. The predicted octanol–water partition coefficient (Wildman–Crippen LogP) is 1.17. The van der Waals surface area contributed by atoms with Crippen molar-refractivity contribution in [3.63, 3.8) is 0 Å². The summed E-state index contributed by atoms with van der Waals surface area (Å²) >= 11 is 0. The highest BCUT2D eigenvalue weighted by atomic mass is 32.2. The molecule has 1 saturated carbocycles. The molecule has 0 aromatic carbocycles. The smallest absolute Gasteiger partial charge is 0.264 e. The van der Waals surface area contributed by atoms with Crippen molar-refractivity contribution in [2.24, 2.45) is 5.92 Å². The van der Waals surface area contributed by atoms with E-state index in [1.54, 1.807) is 0 Å². The first-order chi connectivity index (χ1) is 6.47. The number of hydrogen-bond donors (Lipinski definition) is 0. The third kappa shape index (κ3) is 4.93. The molecule has 1 rings (SSSR count). The van der Waals surface area contributed by atoms with Gasteiger partial charge in [0.25, 0.3) is 10.1 Å². The van der Waals surface area contributed by atoms with Crippen LogP contribution in [0.2, 0.25) is 0 Å². The quantitative estimate of drug-likeness (QED) is 0.500. The molecule has 4 nitrogen and oxygen atoms in total. The third-order valence-corrected chi connectivity index (χ3v) is 2.86. The van der Waals surface area contributed by atoms with Crippen LogP contribution in [0.3, 0.4) is 0 Å². The largest absolute Gasteiger partial charge is 0.378 e. The van der Waals surface area contributed by atoms with Gasteiger partial charge >= 0.3 is 0 Å². The first-order valence-corrected chi connectivity index (χ1v) is 6.75. The summed E-state index contributed by atoms with van der Waals surface area (Å²) in [6, 6.07) is 0. The molecule has 0 N–H and O–H groups in total. The lowest BCUT2D eigenvalue weighted by atomic mass is 9.84. The average molecular weight is 222 g/mol. The van der Waals surface area contributed by atoms with Gasteiger partial charge < -0.3 is 4.74 Å². The van der Waals surface area contributed by atoms with Crippen LogP contribution < -0.4 is 0 Å². The van der Waals surface area contributed by atoms with Crippen LogP contribution >= 0.6 is 0 Å². The molecule has 0 bridgehead atoms. The van der Waals surface area contributed by atoms with Gasteiger partial charge in [-0.25, -0.2) is 0 Å². The second kappa shape index (κ2) is 5.09. The second-order valence-corrected chi connectivity index (χ2v) is 5.59. The number of ether oxygens (including phenoxy) is 1. The zero-order chi connectivity index (χ0) is 10.6. The second-order valence-electron chi connectivity index (χ2n) is 3.95. The Balaban J connectivity index is 1.90. The van der Waals surface area contributed by atoms with Gasteiger partial charge in [-0.05, 0) is 25.2 Å². The molecule has 1 aliphatic rings. The van der Waals surface area contributed by atoms with Crippen molar-refractivity contribution in [2.45, 2.75) is 32.3 Å². The molecule has 0 saturated heterocycles. The Hall–Kier alpha value is -0.130. The van der Waals surface area contributed by atoms with Gasteiger partial charge in [0.05, 0.1) is 19.0 Å². The molecule has 84 valence electrons. The highest BCUT2D eigenvalue weighted by Crippen LogP contribution is 2.28.